The van der Waals surface area contributed by atoms with Gasteiger partial charge in [0.15, 0.2) is 0 Å². The molecule has 2 nitrogen and oxygen atoms in total. The Morgan fingerprint density at radius 2 is 1.90 bits per heavy atom. The Balaban J connectivity index is 2.38. The molecule has 0 saturated carbocycles. The van der Waals surface area contributed by atoms with E-state index in [1.54, 1.807) is 18.2 Å². The molecule has 0 aliphatic heterocycles. The topological polar surface area (TPSA) is 38.0 Å². The SMILES string of the molecule is NC(=S)c1ccc(Nc2c(Cl)cc(F)cc2Br)c(Cl)c1. The average Bonchev–Trinajstić information content (AvgIpc) is 2.34. The summed E-state index contributed by atoms with van der Waals surface area (Å²) in [7, 11) is 0. The fourth-order valence-corrected chi connectivity index (χ4v) is 2.82. The number of rotatable bonds is 3. The molecule has 0 aliphatic carbocycles. The summed E-state index contributed by atoms with van der Waals surface area (Å²) in [4.78, 5) is 0.263. The number of halogens is 4. The van der Waals surface area contributed by atoms with Gasteiger partial charge < -0.3 is 11.1 Å². The molecule has 0 radical (unpaired) electrons. The van der Waals surface area contributed by atoms with Crippen LogP contribution in [0, 0.1) is 5.82 Å². The summed E-state index contributed by atoms with van der Waals surface area (Å²) in [6.45, 7) is 0. The number of nitrogens with one attached hydrogen (secondary N) is 1. The molecule has 3 N–H and O–H groups in total. The Kier molecular flexibility index (Phi) is 4.86. The maximum Gasteiger partial charge on any atom is 0.125 e. The van der Waals surface area contributed by atoms with E-state index in [1.165, 1.54) is 12.1 Å². The van der Waals surface area contributed by atoms with E-state index in [0.29, 0.717) is 26.4 Å². The zero-order valence-electron chi connectivity index (χ0n) is 9.88. The molecular weight excluding hydrogens is 386 g/mol. The van der Waals surface area contributed by atoms with E-state index < -0.39 is 5.82 Å². The quantitative estimate of drug-likeness (QED) is 0.697. The maximum atomic E-state index is 13.2. The van der Waals surface area contributed by atoms with E-state index in [4.69, 9.17) is 41.2 Å². The molecule has 7 heteroatoms. The standard InChI is InChI=1S/C13H8BrCl2FN2S/c14-8-4-7(17)5-10(16)12(8)19-11-2-1-6(13(18)20)3-9(11)15/h1-5,19H,(H2,18,20). The summed E-state index contributed by atoms with van der Waals surface area (Å²) in [5.41, 5.74) is 7.34. The Labute approximate surface area is 139 Å². The van der Waals surface area contributed by atoms with Crippen LogP contribution in [-0.4, -0.2) is 4.99 Å². The molecule has 0 saturated heterocycles. The number of nitrogens with two attached hydrogens (primary N) is 1. The van der Waals surface area contributed by atoms with Crippen LogP contribution in [0.3, 0.4) is 0 Å². The maximum absolute atomic E-state index is 13.2. The molecule has 20 heavy (non-hydrogen) atoms. The van der Waals surface area contributed by atoms with E-state index in [0.717, 1.165) is 0 Å². The van der Waals surface area contributed by atoms with Crippen LogP contribution in [0.1, 0.15) is 5.56 Å². The number of benzene rings is 2. The van der Waals surface area contributed by atoms with Gasteiger partial charge in [-0.15, -0.1) is 0 Å². The van der Waals surface area contributed by atoms with Crippen LogP contribution in [0.15, 0.2) is 34.8 Å². The van der Waals surface area contributed by atoms with Crippen molar-refractivity contribution in [3.63, 3.8) is 0 Å². The van der Waals surface area contributed by atoms with Gasteiger partial charge in [-0.2, -0.15) is 0 Å². The predicted molar refractivity (Wildman–Crippen MR) is 89.7 cm³/mol. The highest BCUT2D eigenvalue weighted by molar-refractivity contribution is 9.10. The molecule has 0 aromatic heterocycles. The summed E-state index contributed by atoms with van der Waals surface area (Å²) in [5.74, 6) is -0.428. The Hall–Kier alpha value is -0.880. The van der Waals surface area contributed by atoms with Gasteiger partial charge in [0.1, 0.15) is 10.8 Å². The third kappa shape index (κ3) is 3.41. The smallest absolute Gasteiger partial charge is 0.125 e. The van der Waals surface area contributed by atoms with Crippen LogP contribution in [0.4, 0.5) is 15.8 Å². The fourth-order valence-electron chi connectivity index (χ4n) is 1.57. The second kappa shape index (κ2) is 6.26. The van der Waals surface area contributed by atoms with Gasteiger partial charge in [0.05, 0.1) is 21.4 Å². The van der Waals surface area contributed by atoms with E-state index in [2.05, 4.69) is 21.2 Å². The van der Waals surface area contributed by atoms with Crippen molar-refractivity contribution in [2.45, 2.75) is 0 Å². The first-order chi connectivity index (χ1) is 9.38. The highest BCUT2D eigenvalue weighted by Crippen LogP contribution is 2.36. The van der Waals surface area contributed by atoms with Gasteiger partial charge >= 0.3 is 0 Å². The Morgan fingerprint density at radius 3 is 2.45 bits per heavy atom. The third-order valence-corrected chi connectivity index (χ3v) is 3.99. The largest absolute Gasteiger partial charge is 0.389 e. The predicted octanol–water partition coefficient (Wildman–Crippen LogP) is 5.27. The van der Waals surface area contributed by atoms with E-state index in [9.17, 15) is 4.39 Å². The van der Waals surface area contributed by atoms with Crippen LogP contribution >= 0.6 is 51.3 Å². The second-order valence-electron chi connectivity index (χ2n) is 3.93. The summed E-state index contributed by atoms with van der Waals surface area (Å²) in [6.07, 6.45) is 0. The van der Waals surface area contributed by atoms with Crippen LogP contribution in [0.5, 0.6) is 0 Å². The number of anilines is 2. The lowest BCUT2D eigenvalue weighted by Gasteiger charge is -2.13. The van der Waals surface area contributed by atoms with Crippen LogP contribution in [0.25, 0.3) is 0 Å². The van der Waals surface area contributed by atoms with E-state index in [1.807, 2.05) is 0 Å². The first kappa shape index (κ1) is 15.5. The average molecular weight is 394 g/mol. The van der Waals surface area contributed by atoms with Gasteiger partial charge in [0, 0.05) is 10.0 Å². The van der Waals surface area contributed by atoms with Gasteiger partial charge in [0.25, 0.3) is 0 Å². The fraction of sp³-hybridized carbons (Fsp3) is 0. The van der Waals surface area contributed by atoms with E-state index >= 15 is 0 Å². The summed E-state index contributed by atoms with van der Waals surface area (Å²) >= 11 is 20.3. The highest BCUT2D eigenvalue weighted by Gasteiger charge is 2.11. The lowest BCUT2D eigenvalue weighted by Crippen LogP contribution is -2.09. The molecule has 0 spiro atoms. The molecule has 2 aromatic rings. The van der Waals surface area contributed by atoms with Gasteiger partial charge in [-0.1, -0.05) is 35.4 Å². The van der Waals surface area contributed by atoms with Crippen molar-refractivity contribution in [1.29, 1.82) is 0 Å². The normalized spacial score (nSPS) is 10.4. The van der Waals surface area contributed by atoms with Crippen molar-refractivity contribution in [1.82, 2.24) is 0 Å². The first-order valence-corrected chi connectivity index (χ1v) is 7.35. The van der Waals surface area contributed by atoms with Gasteiger partial charge in [0.2, 0.25) is 0 Å². The molecule has 0 heterocycles. The molecule has 0 unspecified atom stereocenters. The second-order valence-corrected chi connectivity index (χ2v) is 6.04. The molecule has 0 aliphatic rings. The molecule has 0 amide bonds. The molecule has 0 bridgehead atoms. The highest BCUT2D eigenvalue weighted by atomic mass is 79.9. The summed E-state index contributed by atoms with van der Waals surface area (Å²) in [6, 6.07) is 7.64. The van der Waals surface area contributed by atoms with Crippen molar-refractivity contribution in [3.05, 3.63) is 56.2 Å². The van der Waals surface area contributed by atoms with Crippen LogP contribution < -0.4 is 11.1 Å². The number of hydrogen-bond acceptors (Lipinski definition) is 2. The van der Waals surface area contributed by atoms with E-state index in [-0.39, 0.29) is 10.0 Å². The minimum Gasteiger partial charge on any atom is -0.389 e. The summed E-state index contributed by atoms with van der Waals surface area (Å²) < 4.78 is 13.7. The lowest BCUT2D eigenvalue weighted by atomic mass is 10.2. The summed E-state index contributed by atoms with van der Waals surface area (Å²) in [5, 5.41) is 3.72. The zero-order valence-corrected chi connectivity index (χ0v) is 13.8. The number of hydrogen-bond donors (Lipinski definition) is 2. The van der Waals surface area contributed by atoms with Gasteiger partial charge in [-0.3, -0.25) is 0 Å². The van der Waals surface area contributed by atoms with Crippen molar-refractivity contribution in [2.24, 2.45) is 5.73 Å². The molecule has 2 rings (SSSR count). The monoisotopic (exact) mass is 392 g/mol. The lowest BCUT2D eigenvalue weighted by molar-refractivity contribution is 0.627. The van der Waals surface area contributed by atoms with Crippen LogP contribution in [-0.2, 0) is 0 Å². The Morgan fingerprint density at radius 1 is 1.20 bits per heavy atom. The third-order valence-electron chi connectivity index (χ3n) is 2.52. The molecule has 0 atom stereocenters. The zero-order chi connectivity index (χ0) is 14.9. The molecule has 0 fully saturated rings. The van der Waals surface area contributed by atoms with Crippen molar-refractivity contribution in [2.75, 3.05) is 5.32 Å². The minimum atomic E-state index is -0.428. The van der Waals surface area contributed by atoms with Gasteiger partial charge in [-0.25, -0.2) is 4.39 Å². The number of thiocarbonyl (C=S) groups is 1. The van der Waals surface area contributed by atoms with Crippen LogP contribution in [0.2, 0.25) is 10.0 Å². The van der Waals surface area contributed by atoms with Crippen molar-refractivity contribution >= 4 is 67.7 Å². The van der Waals surface area contributed by atoms with Crippen molar-refractivity contribution < 1.29 is 4.39 Å². The van der Waals surface area contributed by atoms with Crippen molar-refractivity contribution in [3.8, 4) is 0 Å². The molecule has 2 aromatic carbocycles. The molecule has 104 valence electrons. The Bertz CT molecular complexity index is 671. The van der Waals surface area contributed by atoms with Gasteiger partial charge in [-0.05, 0) is 46.3 Å². The first-order valence-electron chi connectivity index (χ1n) is 5.39. The minimum absolute atomic E-state index is 0.242. The molecular formula is C13H8BrCl2FN2S.